The van der Waals surface area contributed by atoms with Gasteiger partial charge in [0.2, 0.25) is 0 Å². The molecule has 0 saturated carbocycles. The van der Waals surface area contributed by atoms with Gasteiger partial charge >= 0.3 is 0 Å². The van der Waals surface area contributed by atoms with Crippen molar-refractivity contribution < 1.29 is 9.72 Å². The van der Waals surface area contributed by atoms with Gasteiger partial charge in [-0.05, 0) is 48.0 Å². The highest BCUT2D eigenvalue weighted by Crippen LogP contribution is 2.29. The van der Waals surface area contributed by atoms with Crippen LogP contribution in [0.1, 0.15) is 15.9 Å². The zero-order chi connectivity index (χ0) is 21.1. The number of nitrogens with one attached hydrogen (secondary N) is 1. The first-order chi connectivity index (χ1) is 14.5. The van der Waals surface area contributed by atoms with E-state index in [0.717, 1.165) is 16.2 Å². The van der Waals surface area contributed by atoms with Crippen LogP contribution in [0.3, 0.4) is 0 Å². The molecule has 0 radical (unpaired) electrons. The second-order valence-electron chi connectivity index (χ2n) is 6.32. The summed E-state index contributed by atoms with van der Waals surface area (Å²) in [6.07, 6.45) is 0. The number of nitro groups is 1. The predicted molar refractivity (Wildman–Crippen MR) is 122 cm³/mol. The second kappa shape index (κ2) is 8.83. The van der Waals surface area contributed by atoms with Gasteiger partial charge in [0.25, 0.3) is 11.6 Å². The number of hydrogen-bond acceptors (Lipinski definition) is 6. The lowest BCUT2D eigenvalue weighted by atomic mass is 10.1. The van der Waals surface area contributed by atoms with Gasteiger partial charge in [0.05, 0.1) is 15.1 Å². The van der Waals surface area contributed by atoms with Crippen molar-refractivity contribution in [3.8, 4) is 0 Å². The Morgan fingerprint density at radius 1 is 1.10 bits per heavy atom. The summed E-state index contributed by atoms with van der Waals surface area (Å²) < 4.78 is 0.647. The van der Waals surface area contributed by atoms with Crippen LogP contribution in [0.25, 0.3) is 10.2 Å². The summed E-state index contributed by atoms with van der Waals surface area (Å²) >= 11 is 8.79. The number of carbonyl (C=O) groups excluding carboxylic acids is 1. The summed E-state index contributed by atoms with van der Waals surface area (Å²) in [5.74, 6) is 0.501. The molecule has 0 spiro atoms. The number of carbonyl (C=O) groups is 1. The van der Waals surface area contributed by atoms with Crippen LogP contribution in [-0.4, -0.2) is 15.8 Å². The highest BCUT2D eigenvalue weighted by molar-refractivity contribution is 7.98. The molecular formula is C21H14ClN3O3S2. The van der Waals surface area contributed by atoms with Crippen molar-refractivity contribution in [3.63, 3.8) is 0 Å². The number of anilines is 1. The van der Waals surface area contributed by atoms with Crippen LogP contribution in [0.15, 0.2) is 71.6 Å². The van der Waals surface area contributed by atoms with E-state index in [2.05, 4.69) is 10.3 Å². The second-order valence-corrected chi connectivity index (χ2v) is 8.84. The molecular weight excluding hydrogens is 442 g/mol. The molecule has 1 N–H and O–H groups in total. The maximum Gasteiger partial charge on any atom is 0.270 e. The van der Waals surface area contributed by atoms with Crippen LogP contribution in [0.4, 0.5) is 10.8 Å². The molecule has 0 aliphatic rings. The number of thiazole rings is 1. The number of hydrogen-bond donors (Lipinski definition) is 1. The van der Waals surface area contributed by atoms with Crippen LogP contribution in [0, 0.1) is 10.1 Å². The maximum atomic E-state index is 12.5. The van der Waals surface area contributed by atoms with Gasteiger partial charge < -0.3 is 0 Å². The van der Waals surface area contributed by atoms with Crippen LogP contribution in [-0.2, 0) is 5.75 Å². The molecule has 0 aliphatic carbocycles. The van der Waals surface area contributed by atoms with E-state index in [-0.39, 0.29) is 11.6 Å². The summed E-state index contributed by atoms with van der Waals surface area (Å²) in [6.45, 7) is 0. The SMILES string of the molecule is O=C(Nc1nc2ccc([N+](=O)[O-])cc2s1)c1ccc(CSc2ccc(Cl)cc2)cc1. The Morgan fingerprint density at radius 3 is 2.53 bits per heavy atom. The molecule has 30 heavy (non-hydrogen) atoms. The first-order valence-electron chi connectivity index (χ1n) is 8.81. The van der Waals surface area contributed by atoms with Crippen molar-refractivity contribution in [2.45, 2.75) is 10.6 Å². The number of non-ortho nitro benzene ring substituents is 1. The molecule has 1 aromatic heterocycles. The Morgan fingerprint density at radius 2 is 1.83 bits per heavy atom. The fourth-order valence-corrected chi connectivity index (χ4v) is 4.57. The van der Waals surface area contributed by atoms with Crippen molar-refractivity contribution in [1.82, 2.24) is 4.98 Å². The molecule has 0 bridgehead atoms. The lowest BCUT2D eigenvalue weighted by molar-refractivity contribution is -0.384. The van der Waals surface area contributed by atoms with Gasteiger partial charge in [-0.1, -0.05) is 35.1 Å². The van der Waals surface area contributed by atoms with Crippen molar-refractivity contribution >= 4 is 61.6 Å². The van der Waals surface area contributed by atoms with Crippen molar-refractivity contribution in [3.05, 3.63) is 93.0 Å². The highest BCUT2D eigenvalue weighted by atomic mass is 35.5. The molecule has 0 aliphatic heterocycles. The first kappa shape index (κ1) is 20.3. The van der Waals surface area contributed by atoms with Gasteiger partial charge in [-0.2, -0.15) is 0 Å². The minimum absolute atomic E-state index is 0.00362. The third kappa shape index (κ3) is 4.79. The minimum atomic E-state index is -0.454. The van der Waals surface area contributed by atoms with Gasteiger partial charge in [0, 0.05) is 33.4 Å². The van der Waals surface area contributed by atoms with E-state index in [1.807, 2.05) is 36.4 Å². The van der Waals surface area contributed by atoms with Gasteiger partial charge in [0.15, 0.2) is 5.13 Å². The quantitative estimate of drug-likeness (QED) is 0.206. The molecule has 9 heteroatoms. The zero-order valence-electron chi connectivity index (χ0n) is 15.4. The van der Waals surface area contributed by atoms with E-state index in [1.165, 1.54) is 23.5 Å². The number of thioether (sulfide) groups is 1. The zero-order valence-corrected chi connectivity index (χ0v) is 17.8. The largest absolute Gasteiger partial charge is 0.298 e. The van der Waals surface area contributed by atoms with Crippen LogP contribution < -0.4 is 5.32 Å². The summed E-state index contributed by atoms with van der Waals surface area (Å²) in [6, 6.07) is 19.5. The lowest BCUT2D eigenvalue weighted by Crippen LogP contribution is -2.11. The minimum Gasteiger partial charge on any atom is -0.298 e. The van der Waals surface area contributed by atoms with Gasteiger partial charge in [-0.25, -0.2) is 4.98 Å². The fourth-order valence-electron chi connectivity index (χ4n) is 2.70. The Bertz CT molecular complexity index is 1220. The fraction of sp³-hybridized carbons (Fsp3) is 0.0476. The molecule has 0 saturated heterocycles. The lowest BCUT2D eigenvalue weighted by Gasteiger charge is -2.05. The average Bonchev–Trinajstić information content (AvgIpc) is 3.15. The summed E-state index contributed by atoms with van der Waals surface area (Å²) in [7, 11) is 0. The number of nitro benzene ring substituents is 1. The number of halogens is 1. The molecule has 6 nitrogen and oxygen atoms in total. The van der Waals surface area contributed by atoms with Crippen molar-refractivity contribution in [2.24, 2.45) is 0 Å². The third-order valence-corrected chi connectivity index (χ3v) is 6.51. The summed E-state index contributed by atoms with van der Waals surface area (Å²) in [5.41, 5.74) is 2.21. The maximum absolute atomic E-state index is 12.5. The molecule has 3 aromatic carbocycles. The Labute approximate surface area is 185 Å². The molecule has 1 heterocycles. The van der Waals surface area contributed by atoms with E-state index in [9.17, 15) is 14.9 Å². The molecule has 1 amide bonds. The van der Waals surface area contributed by atoms with Crippen molar-refractivity contribution in [1.29, 1.82) is 0 Å². The average molecular weight is 456 g/mol. The molecule has 0 fully saturated rings. The molecule has 150 valence electrons. The Hall–Kier alpha value is -2.94. The molecule has 0 atom stereocenters. The van der Waals surface area contributed by atoms with Gasteiger partial charge in [-0.15, -0.1) is 11.8 Å². The van der Waals surface area contributed by atoms with E-state index in [0.29, 0.717) is 25.9 Å². The van der Waals surface area contributed by atoms with Crippen molar-refractivity contribution in [2.75, 3.05) is 5.32 Å². The van der Waals surface area contributed by atoms with Gasteiger partial charge in [0.1, 0.15) is 0 Å². The Kier molecular flexibility index (Phi) is 5.98. The highest BCUT2D eigenvalue weighted by Gasteiger charge is 2.13. The number of benzene rings is 3. The normalized spacial score (nSPS) is 10.8. The number of fused-ring (bicyclic) bond motifs is 1. The Balaban J connectivity index is 1.40. The third-order valence-electron chi connectivity index (χ3n) is 4.24. The van der Waals surface area contributed by atoms with E-state index in [4.69, 9.17) is 11.6 Å². The van der Waals surface area contributed by atoms with E-state index < -0.39 is 4.92 Å². The number of rotatable bonds is 6. The molecule has 4 rings (SSSR count). The van der Waals surface area contributed by atoms with E-state index >= 15 is 0 Å². The monoisotopic (exact) mass is 455 g/mol. The van der Waals surface area contributed by atoms with Crippen LogP contribution in [0.5, 0.6) is 0 Å². The topological polar surface area (TPSA) is 85.1 Å². The van der Waals surface area contributed by atoms with Crippen LogP contribution >= 0.6 is 34.7 Å². The number of aromatic nitrogens is 1. The summed E-state index contributed by atoms with van der Waals surface area (Å²) in [4.78, 5) is 28.4. The standard InChI is InChI=1S/C21H14ClN3O3S2/c22-15-5-8-17(9-6-15)29-12-13-1-3-14(4-2-13)20(26)24-21-23-18-10-7-16(25(27)28)11-19(18)30-21/h1-11H,12H2,(H,23,24,26). The van der Waals surface area contributed by atoms with E-state index in [1.54, 1.807) is 30.0 Å². The predicted octanol–water partition coefficient (Wildman–Crippen LogP) is 6.40. The molecule has 4 aromatic rings. The number of nitrogens with zero attached hydrogens (tertiary/aromatic N) is 2. The summed E-state index contributed by atoms with van der Waals surface area (Å²) in [5, 5.41) is 14.8. The van der Waals surface area contributed by atoms with Crippen LogP contribution in [0.2, 0.25) is 5.02 Å². The van der Waals surface area contributed by atoms with Gasteiger partial charge in [-0.3, -0.25) is 20.2 Å². The first-order valence-corrected chi connectivity index (χ1v) is 11.0. The number of amides is 1. The molecule has 0 unspecified atom stereocenters. The smallest absolute Gasteiger partial charge is 0.270 e.